The second kappa shape index (κ2) is 8.41. The Morgan fingerprint density at radius 1 is 1.18 bits per heavy atom. The highest BCUT2D eigenvalue weighted by molar-refractivity contribution is 8.00. The van der Waals surface area contributed by atoms with Gasteiger partial charge < -0.3 is 5.73 Å². The molecular weight excluding hydrogens is 405 g/mol. The molecule has 0 aliphatic rings. The minimum Gasteiger partial charge on any atom is -0.351 e. The molecule has 0 fully saturated rings. The van der Waals surface area contributed by atoms with Crippen molar-refractivity contribution in [1.29, 1.82) is 0 Å². The summed E-state index contributed by atoms with van der Waals surface area (Å²) in [6.45, 7) is 1.57. The highest BCUT2D eigenvalue weighted by atomic mass is 35.5. The van der Waals surface area contributed by atoms with Crippen LogP contribution in [0.25, 0.3) is 17.1 Å². The number of halogens is 2. The van der Waals surface area contributed by atoms with Crippen molar-refractivity contribution in [2.75, 3.05) is 0 Å². The zero-order chi connectivity index (χ0) is 20.3. The number of hydrogen-bond donors (Lipinski definition) is 2. The predicted molar refractivity (Wildman–Crippen MR) is 105 cm³/mol. The molecule has 3 rings (SSSR count). The maximum absolute atomic E-state index is 14.5. The van der Waals surface area contributed by atoms with Crippen LogP contribution in [0.15, 0.2) is 53.7 Å². The van der Waals surface area contributed by atoms with Crippen LogP contribution in [0.4, 0.5) is 9.18 Å². The summed E-state index contributed by atoms with van der Waals surface area (Å²) in [5.74, 6) is -0.771. The van der Waals surface area contributed by atoms with Gasteiger partial charge in [-0.15, -0.1) is 10.2 Å². The minimum absolute atomic E-state index is 0.201. The lowest BCUT2D eigenvalue weighted by atomic mass is 10.2. The van der Waals surface area contributed by atoms with E-state index in [2.05, 4.69) is 10.2 Å². The molecule has 1 atom stereocenters. The number of amides is 3. The minimum atomic E-state index is -0.954. The van der Waals surface area contributed by atoms with E-state index in [4.69, 9.17) is 17.3 Å². The maximum Gasteiger partial charge on any atom is 0.318 e. The van der Waals surface area contributed by atoms with Crippen molar-refractivity contribution >= 4 is 35.3 Å². The molecule has 1 heterocycles. The van der Waals surface area contributed by atoms with Crippen molar-refractivity contribution in [1.82, 2.24) is 20.1 Å². The molecule has 0 saturated heterocycles. The lowest BCUT2D eigenvalue weighted by molar-refractivity contribution is -0.119. The molecule has 144 valence electrons. The Bertz CT molecular complexity index is 1040. The van der Waals surface area contributed by atoms with Gasteiger partial charge in [0.15, 0.2) is 11.0 Å². The standard InChI is InChI=1S/C18H15ClFN5O2S/c1-10(16(26)22-17(21)27)28-18-24-23-15(11-6-2-3-7-12(11)19)25(18)14-9-5-4-8-13(14)20/h2-10H,1H3,(H3,21,22,26,27). The Morgan fingerprint density at radius 2 is 1.86 bits per heavy atom. The third kappa shape index (κ3) is 4.15. The van der Waals surface area contributed by atoms with Crippen LogP contribution in [0, 0.1) is 5.82 Å². The largest absolute Gasteiger partial charge is 0.351 e. The second-order valence-corrected chi connectivity index (χ2v) is 7.40. The molecule has 7 nitrogen and oxygen atoms in total. The lowest BCUT2D eigenvalue weighted by Crippen LogP contribution is -2.39. The Kier molecular flexibility index (Phi) is 5.96. The molecule has 3 amide bonds. The molecule has 10 heteroatoms. The van der Waals surface area contributed by atoms with Crippen LogP contribution in [0.5, 0.6) is 0 Å². The average Bonchev–Trinajstić information content (AvgIpc) is 3.05. The first-order chi connectivity index (χ1) is 13.4. The number of urea groups is 1. The molecule has 0 aliphatic heterocycles. The fraction of sp³-hybridized carbons (Fsp3) is 0.111. The van der Waals surface area contributed by atoms with Gasteiger partial charge in [0.2, 0.25) is 5.91 Å². The maximum atomic E-state index is 14.5. The third-order valence-electron chi connectivity index (χ3n) is 3.74. The highest BCUT2D eigenvalue weighted by Crippen LogP contribution is 2.33. The van der Waals surface area contributed by atoms with E-state index in [1.807, 2.05) is 5.32 Å². The van der Waals surface area contributed by atoms with Crippen molar-refractivity contribution in [2.24, 2.45) is 5.73 Å². The van der Waals surface area contributed by atoms with Crippen LogP contribution in [-0.4, -0.2) is 32.0 Å². The second-order valence-electron chi connectivity index (χ2n) is 5.69. The van der Waals surface area contributed by atoms with E-state index in [0.29, 0.717) is 16.4 Å². The number of nitrogens with one attached hydrogen (secondary N) is 1. The van der Waals surface area contributed by atoms with Gasteiger partial charge in [0.1, 0.15) is 5.82 Å². The van der Waals surface area contributed by atoms with E-state index in [1.54, 1.807) is 49.4 Å². The van der Waals surface area contributed by atoms with Crippen LogP contribution in [0.3, 0.4) is 0 Å². The van der Waals surface area contributed by atoms with Gasteiger partial charge in [-0.25, -0.2) is 9.18 Å². The molecule has 2 aromatic carbocycles. The molecule has 0 radical (unpaired) electrons. The fourth-order valence-corrected chi connectivity index (χ4v) is 3.53. The number of nitrogens with zero attached hydrogens (tertiary/aromatic N) is 3. The van der Waals surface area contributed by atoms with Gasteiger partial charge in [0.25, 0.3) is 0 Å². The first-order valence-electron chi connectivity index (χ1n) is 8.10. The summed E-state index contributed by atoms with van der Waals surface area (Å²) >= 11 is 7.29. The molecule has 1 aromatic heterocycles. The molecule has 0 saturated carbocycles. The van der Waals surface area contributed by atoms with Crippen molar-refractivity contribution in [3.8, 4) is 17.1 Å². The number of benzene rings is 2. The van der Waals surface area contributed by atoms with E-state index in [9.17, 15) is 14.0 Å². The summed E-state index contributed by atoms with van der Waals surface area (Å²) in [6, 6.07) is 12.1. The van der Waals surface area contributed by atoms with Gasteiger partial charge >= 0.3 is 6.03 Å². The van der Waals surface area contributed by atoms with Crippen molar-refractivity contribution < 1.29 is 14.0 Å². The number of rotatable bonds is 5. The summed E-state index contributed by atoms with van der Waals surface area (Å²) in [5.41, 5.74) is 5.74. The molecular formula is C18H15ClFN5O2S. The van der Waals surface area contributed by atoms with Crippen LogP contribution in [-0.2, 0) is 4.79 Å². The number of primary amides is 1. The predicted octanol–water partition coefficient (Wildman–Crippen LogP) is 3.40. The third-order valence-corrected chi connectivity index (χ3v) is 5.11. The zero-order valence-electron chi connectivity index (χ0n) is 14.6. The Hall–Kier alpha value is -2.91. The normalized spacial score (nSPS) is 11.8. The highest BCUT2D eigenvalue weighted by Gasteiger charge is 2.24. The Labute approximate surface area is 169 Å². The van der Waals surface area contributed by atoms with Crippen LogP contribution >= 0.6 is 23.4 Å². The van der Waals surface area contributed by atoms with Gasteiger partial charge in [-0.3, -0.25) is 14.7 Å². The summed E-state index contributed by atoms with van der Waals surface area (Å²) in [4.78, 5) is 22.9. The van der Waals surface area contributed by atoms with E-state index >= 15 is 0 Å². The van der Waals surface area contributed by atoms with Gasteiger partial charge in [-0.05, 0) is 31.2 Å². The van der Waals surface area contributed by atoms with Crippen LogP contribution in [0.1, 0.15) is 6.92 Å². The molecule has 0 aliphatic carbocycles. The topological polar surface area (TPSA) is 103 Å². The molecule has 28 heavy (non-hydrogen) atoms. The SMILES string of the molecule is CC(Sc1nnc(-c2ccccc2Cl)n1-c1ccccc1F)C(=O)NC(N)=O. The molecule has 1 unspecified atom stereocenters. The van der Waals surface area contributed by atoms with Crippen LogP contribution < -0.4 is 11.1 Å². The van der Waals surface area contributed by atoms with Crippen molar-refractivity contribution in [3.05, 3.63) is 59.4 Å². The van der Waals surface area contributed by atoms with E-state index in [0.717, 1.165) is 11.8 Å². The van der Waals surface area contributed by atoms with Crippen molar-refractivity contribution in [2.45, 2.75) is 17.3 Å². The van der Waals surface area contributed by atoms with Gasteiger partial charge in [0.05, 0.1) is 16.0 Å². The molecule has 3 N–H and O–H groups in total. The fourth-order valence-electron chi connectivity index (χ4n) is 2.45. The smallest absolute Gasteiger partial charge is 0.318 e. The number of imide groups is 1. The van der Waals surface area contributed by atoms with E-state index in [1.165, 1.54) is 10.6 Å². The van der Waals surface area contributed by atoms with Crippen LogP contribution in [0.2, 0.25) is 5.02 Å². The summed E-state index contributed by atoms with van der Waals surface area (Å²) in [7, 11) is 0. The zero-order valence-corrected chi connectivity index (χ0v) is 16.2. The summed E-state index contributed by atoms with van der Waals surface area (Å²) in [5, 5.41) is 10.2. The number of carbonyl (C=O) groups excluding carboxylic acids is 2. The number of thioether (sulfide) groups is 1. The number of hydrogen-bond acceptors (Lipinski definition) is 5. The van der Waals surface area contributed by atoms with Crippen molar-refractivity contribution in [3.63, 3.8) is 0 Å². The van der Waals surface area contributed by atoms with Gasteiger partial charge in [-0.1, -0.05) is 47.6 Å². The summed E-state index contributed by atoms with van der Waals surface area (Å²) in [6.07, 6.45) is 0. The lowest BCUT2D eigenvalue weighted by Gasteiger charge is -2.14. The number of nitrogens with two attached hydrogens (primary N) is 1. The number of carbonyl (C=O) groups is 2. The molecule has 0 spiro atoms. The number of para-hydroxylation sites is 1. The summed E-state index contributed by atoms with van der Waals surface area (Å²) < 4.78 is 16.0. The number of aromatic nitrogens is 3. The van der Waals surface area contributed by atoms with Gasteiger partial charge in [-0.2, -0.15) is 0 Å². The quantitative estimate of drug-likeness (QED) is 0.617. The monoisotopic (exact) mass is 419 g/mol. The molecule has 0 bridgehead atoms. The first kappa shape index (κ1) is 19.8. The molecule has 3 aromatic rings. The van der Waals surface area contributed by atoms with E-state index in [-0.39, 0.29) is 10.8 Å². The first-order valence-corrected chi connectivity index (χ1v) is 9.36. The average molecular weight is 420 g/mol. The Balaban J connectivity index is 2.09. The Morgan fingerprint density at radius 3 is 2.54 bits per heavy atom. The van der Waals surface area contributed by atoms with Gasteiger partial charge in [0, 0.05) is 5.56 Å². The van der Waals surface area contributed by atoms with E-state index < -0.39 is 23.0 Å².